The first-order valence-corrected chi connectivity index (χ1v) is 12.1. The van der Waals surface area contributed by atoms with E-state index in [1.807, 2.05) is 17.0 Å². The fourth-order valence-corrected chi connectivity index (χ4v) is 4.60. The van der Waals surface area contributed by atoms with Crippen LogP contribution in [0.3, 0.4) is 0 Å². The van der Waals surface area contributed by atoms with E-state index in [0.29, 0.717) is 23.5 Å². The van der Waals surface area contributed by atoms with E-state index in [2.05, 4.69) is 17.4 Å². The van der Waals surface area contributed by atoms with E-state index in [1.54, 1.807) is 0 Å². The van der Waals surface area contributed by atoms with Gasteiger partial charge in [0, 0.05) is 43.6 Å². The molecule has 1 aliphatic carbocycles. The van der Waals surface area contributed by atoms with Crippen LogP contribution in [-0.4, -0.2) is 48.8 Å². The highest BCUT2D eigenvalue weighted by Crippen LogP contribution is 2.33. The number of carbonyl (C=O) groups excluding carboxylic acids is 2. The molecule has 0 radical (unpaired) electrons. The second-order valence-electron chi connectivity index (χ2n) is 8.82. The molecule has 2 aliphatic rings. The minimum atomic E-state index is -0.568. The van der Waals surface area contributed by atoms with Crippen molar-refractivity contribution in [1.82, 2.24) is 10.2 Å². The van der Waals surface area contributed by atoms with Crippen LogP contribution in [0.5, 0.6) is 5.75 Å². The summed E-state index contributed by atoms with van der Waals surface area (Å²) in [6.45, 7) is 1.97. The maximum absolute atomic E-state index is 12.7. The van der Waals surface area contributed by atoms with Crippen LogP contribution in [0.25, 0.3) is 0 Å². The second kappa shape index (κ2) is 12.7. The molecule has 1 atom stereocenters. The van der Waals surface area contributed by atoms with E-state index in [-0.39, 0.29) is 18.3 Å². The lowest BCUT2D eigenvalue weighted by Crippen LogP contribution is -2.36. The third-order valence-electron chi connectivity index (χ3n) is 6.52. The number of hydrogen-bond acceptors (Lipinski definition) is 4. The summed E-state index contributed by atoms with van der Waals surface area (Å²) >= 11 is 5.94. The molecular weight excluding hydrogens is 459 g/mol. The Hall–Kier alpha value is -2.64. The molecule has 4 rings (SSSR count). The van der Waals surface area contributed by atoms with Crippen molar-refractivity contribution in [1.29, 1.82) is 0 Å². The molecule has 1 saturated carbocycles. The molecule has 1 heterocycles. The lowest BCUT2D eigenvalue weighted by atomic mass is 9.82. The Balaban J connectivity index is 0.000000229. The predicted octanol–water partition coefficient (Wildman–Crippen LogP) is 5.00. The molecule has 184 valence electrons. The van der Waals surface area contributed by atoms with Gasteiger partial charge in [-0.25, -0.2) is 9.18 Å². The number of benzene rings is 2. The van der Waals surface area contributed by atoms with Crippen molar-refractivity contribution >= 4 is 23.6 Å². The zero-order valence-corrected chi connectivity index (χ0v) is 20.1. The first kappa shape index (κ1) is 26.0. The summed E-state index contributed by atoms with van der Waals surface area (Å²) in [4.78, 5) is 25.4. The molecule has 2 aromatic rings. The molecule has 2 fully saturated rings. The molecule has 6 nitrogen and oxygen atoms in total. The molecular formula is C26H32ClFN2O4. The minimum absolute atomic E-state index is 0.173. The third-order valence-corrected chi connectivity index (χ3v) is 6.78. The number of carbonyl (C=O) groups is 2. The van der Waals surface area contributed by atoms with Gasteiger partial charge in [-0.15, -0.1) is 0 Å². The number of nitrogens with one attached hydrogen (secondary N) is 1. The molecule has 0 spiro atoms. The predicted molar refractivity (Wildman–Crippen MR) is 129 cm³/mol. The van der Waals surface area contributed by atoms with Gasteiger partial charge in [0.15, 0.2) is 0 Å². The van der Waals surface area contributed by atoms with Gasteiger partial charge in [-0.2, -0.15) is 0 Å². The van der Waals surface area contributed by atoms with Crippen molar-refractivity contribution < 1.29 is 23.8 Å². The summed E-state index contributed by atoms with van der Waals surface area (Å²) in [5.41, 5.74) is 1.28. The Bertz CT molecular complexity index is 931. The van der Waals surface area contributed by atoms with Gasteiger partial charge in [-0.05, 0) is 80.0 Å². The van der Waals surface area contributed by atoms with Crippen LogP contribution in [0.1, 0.15) is 43.6 Å². The minimum Gasteiger partial charge on any atom is -0.410 e. The number of ether oxygens (including phenoxy) is 1. The van der Waals surface area contributed by atoms with Crippen LogP contribution in [0, 0.1) is 17.7 Å². The molecule has 2 aromatic carbocycles. The smallest absolute Gasteiger partial charge is 0.410 e. The lowest BCUT2D eigenvalue weighted by molar-refractivity contribution is -0.135. The van der Waals surface area contributed by atoms with E-state index in [1.165, 1.54) is 36.9 Å². The molecule has 1 saturated heterocycles. The Morgan fingerprint density at radius 1 is 1.06 bits per heavy atom. The standard InChI is InChI=1S/C18H24ClNO2.C8H8FNO2/c19-17-7-5-14(6-8-17)16-9-10-20(11-16)18(22)15-3-1-13(12-21)2-4-15;1-10-8(11)12-7-4-2-6(9)3-5-7/h5-8,13,15-16,21H,1-4,9-12H2;2-5H,1H3,(H,10,11). The van der Waals surface area contributed by atoms with Gasteiger partial charge in [-0.1, -0.05) is 23.7 Å². The van der Waals surface area contributed by atoms with Gasteiger partial charge in [-0.3, -0.25) is 4.79 Å². The quantitative estimate of drug-likeness (QED) is 0.632. The van der Waals surface area contributed by atoms with Crippen molar-refractivity contribution in [3.8, 4) is 5.75 Å². The van der Waals surface area contributed by atoms with Crippen LogP contribution < -0.4 is 10.1 Å². The maximum Gasteiger partial charge on any atom is 0.412 e. The molecule has 2 N–H and O–H groups in total. The highest BCUT2D eigenvalue weighted by atomic mass is 35.5. The van der Waals surface area contributed by atoms with Crippen molar-refractivity contribution in [2.45, 2.75) is 38.0 Å². The molecule has 0 bridgehead atoms. The van der Waals surface area contributed by atoms with Gasteiger partial charge in [0.25, 0.3) is 0 Å². The van der Waals surface area contributed by atoms with E-state index in [0.717, 1.165) is 50.2 Å². The van der Waals surface area contributed by atoms with Crippen molar-refractivity contribution in [2.75, 3.05) is 26.7 Å². The number of aliphatic hydroxyl groups is 1. The van der Waals surface area contributed by atoms with Gasteiger partial charge in [0.2, 0.25) is 5.91 Å². The number of nitrogens with zero attached hydrogens (tertiary/aromatic N) is 1. The van der Waals surface area contributed by atoms with Gasteiger partial charge in [0.05, 0.1) is 0 Å². The number of hydrogen-bond donors (Lipinski definition) is 2. The summed E-state index contributed by atoms with van der Waals surface area (Å²) in [5.74, 6) is 1.30. The van der Waals surface area contributed by atoms with Crippen molar-refractivity contribution in [3.63, 3.8) is 0 Å². The number of rotatable bonds is 4. The Kier molecular flexibility index (Phi) is 9.72. The summed E-state index contributed by atoms with van der Waals surface area (Å²) in [7, 11) is 1.45. The zero-order chi connectivity index (χ0) is 24.5. The molecule has 2 amide bonds. The van der Waals surface area contributed by atoms with Crippen LogP contribution in [0.4, 0.5) is 9.18 Å². The number of likely N-dealkylation sites (tertiary alicyclic amines) is 1. The van der Waals surface area contributed by atoms with E-state index in [4.69, 9.17) is 16.3 Å². The largest absolute Gasteiger partial charge is 0.412 e. The highest BCUT2D eigenvalue weighted by molar-refractivity contribution is 6.30. The number of halogens is 2. The van der Waals surface area contributed by atoms with Crippen molar-refractivity contribution in [2.24, 2.45) is 11.8 Å². The Morgan fingerprint density at radius 3 is 2.29 bits per heavy atom. The van der Waals surface area contributed by atoms with Gasteiger partial charge >= 0.3 is 6.09 Å². The van der Waals surface area contributed by atoms with E-state index < -0.39 is 6.09 Å². The zero-order valence-electron chi connectivity index (χ0n) is 19.4. The topological polar surface area (TPSA) is 78.9 Å². The Labute approximate surface area is 205 Å². The van der Waals surface area contributed by atoms with Gasteiger partial charge < -0.3 is 20.1 Å². The van der Waals surface area contributed by atoms with Crippen molar-refractivity contribution in [3.05, 3.63) is 64.9 Å². The second-order valence-corrected chi connectivity index (χ2v) is 9.25. The number of aliphatic hydroxyl groups excluding tert-OH is 1. The average molecular weight is 491 g/mol. The fourth-order valence-electron chi connectivity index (χ4n) is 4.48. The summed E-state index contributed by atoms with van der Waals surface area (Å²) < 4.78 is 17.1. The van der Waals surface area contributed by atoms with Crippen LogP contribution >= 0.6 is 11.6 Å². The summed E-state index contributed by atoms with van der Waals surface area (Å²) in [6, 6.07) is 13.2. The molecule has 1 aliphatic heterocycles. The Morgan fingerprint density at radius 2 is 1.71 bits per heavy atom. The first-order valence-electron chi connectivity index (χ1n) is 11.7. The lowest BCUT2D eigenvalue weighted by Gasteiger charge is -2.29. The molecule has 34 heavy (non-hydrogen) atoms. The first-order chi connectivity index (χ1) is 16.4. The van der Waals surface area contributed by atoms with Crippen LogP contribution in [-0.2, 0) is 4.79 Å². The summed E-state index contributed by atoms with van der Waals surface area (Å²) in [6.07, 6.45) is 4.32. The van der Waals surface area contributed by atoms with Gasteiger partial charge in [0.1, 0.15) is 11.6 Å². The highest BCUT2D eigenvalue weighted by Gasteiger charge is 2.33. The summed E-state index contributed by atoms with van der Waals surface area (Å²) in [5, 5.41) is 12.2. The van der Waals surface area contributed by atoms with E-state index >= 15 is 0 Å². The molecule has 0 aromatic heterocycles. The molecule has 1 unspecified atom stereocenters. The normalized spacial score (nSPS) is 21.9. The molecule has 8 heteroatoms. The SMILES string of the molecule is CNC(=O)Oc1ccc(F)cc1.O=C(C1CCC(CO)CC1)N1CCC(c2ccc(Cl)cc2)C1. The van der Waals surface area contributed by atoms with E-state index in [9.17, 15) is 19.1 Å². The number of amides is 2. The monoisotopic (exact) mass is 490 g/mol. The maximum atomic E-state index is 12.7. The average Bonchev–Trinajstić information content (AvgIpc) is 3.36. The third kappa shape index (κ3) is 7.43. The fraction of sp³-hybridized carbons (Fsp3) is 0.462. The van der Waals surface area contributed by atoms with Crippen LogP contribution in [0.15, 0.2) is 48.5 Å². The van der Waals surface area contributed by atoms with Crippen LogP contribution in [0.2, 0.25) is 5.02 Å².